The van der Waals surface area contributed by atoms with Gasteiger partial charge in [0, 0.05) is 25.8 Å². The second-order valence-electron chi connectivity index (χ2n) is 4.17. The molecule has 1 heterocycles. The van der Waals surface area contributed by atoms with Gasteiger partial charge in [0.25, 0.3) is 0 Å². The van der Waals surface area contributed by atoms with Crippen LogP contribution in [0, 0.1) is 6.92 Å². The number of anilines is 1. The van der Waals surface area contributed by atoms with Gasteiger partial charge in [0.05, 0.1) is 0 Å². The van der Waals surface area contributed by atoms with Crippen molar-refractivity contribution in [2.24, 2.45) is 0 Å². The van der Waals surface area contributed by atoms with Gasteiger partial charge in [-0.3, -0.25) is 0 Å². The smallest absolute Gasteiger partial charge is 0.128 e. The van der Waals surface area contributed by atoms with Crippen molar-refractivity contribution in [3.8, 4) is 0 Å². The van der Waals surface area contributed by atoms with E-state index in [9.17, 15) is 0 Å². The van der Waals surface area contributed by atoms with E-state index in [1.165, 1.54) is 12.0 Å². The Balaban J connectivity index is 2.73. The molecule has 0 atom stereocenters. The number of aryl methyl sites for hydroxylation is 1. The molecule has 0 spiro atoms. The lowest BCUT2D eigenvalue weighted by atomic mass is 10.2. The Kier molecular flexibility index (Phi) is 5.26. The molecule has 0 aliphatic rings. The van der Waals surface area contributed by atoms with Gasteiger partial charge in [-0.2, -0.15) is 0 Å². The van der Waals surface area contributed by atoms with Gasteiger partial charge in [0.15, 0.2) is 0 Å². The molecular weight excluding hydrogens is 198 g/mol. The van der Waals surface area contributed by atoms with Gasteiger partial charge >= 0.3 is 0 Å². The fourth-order valence-electron chi connectivity index (χ4n) is 1.59. The molecule has 0 aromatic carbocycles. The summed E-state index contributed by atoms with van der Waals surface area (Å²) in [4.78, 5) is 6.69. The lowest BCUT2D eigenvalue weighted by molar-refractivity contribution is 0.674. The van der Waals surface area contributed by atoms with Crippen LogP contribution in [0.15, 0.2) is 12.1 Å². The van der Waals surface area contributed by atoms with Crippen LogP contribution < -0.4 is 10.2 Å². The quantitative estimate of drug-likeness (QED) is 0.747. The first-order valence-corrected chi connectivity index (χ1v) is 6.06. The van der Waals surface area contributed by atoms with E-state index in [1.54, 1.807) is 0 Å². The Bertz CT molecular complexity index is 323. The first-order valence-electron chi connectivity index (χ1n) is 6.06. The van der Waals surface area contributed by atoms with Crippen LogP contribution in [0.2, 0.25) is 0 Å². The Morgan fingerprint density at radius 3 is 2.69 bits per heavy atom. The molecule has 1 N–H and O–H groups in total. The molecular formula is C13H23N3. The highest BCUT2D eigenvalue weighted by Crippen LogP contribution is 2.13. The normalized spacial score (nSPS) is 10.5. The standard InChI is InChI=1S/C13H23N3/c1-5-7-14-10-12-8-11(3)15-13(9-12)16(4)6-2/h8-9,14H,5-7,10H2,1-4H3. The third kappa shape index (κ3) is 3.81. The SMILES string of the molecule is CCCNCc1cc(C)nc(N(C)CC)c1. The third-order valence-electron chi connectivity index (χ3n) is 2.62. The molecule has 3 heteroatoms. The maximum Gasteiger partial charge on any atom is 0.128 e. The van der Waals surface area contributed by atoms with Gasteiger partial charge < -0.3 is 10.2 Å². The molecule has 3 nitrogen and oxygen atoms in total. The number of nitrogens with zero attached hydrogens (tertiary/aromatic N) is 2. The predicted molar refractivity (Wildman–Crippen MR) is 69.9 cm³/mol. The molecule has 1 aromatic rings. The maximum absolute atomic E-state index is 4.53. The second-order valence-corrected chi connectivity index (χ2v) is 4.17. The average Bonchev–Trinajstić information content (AvgIpc) is 2.27. The Morgan fingerprint density at radius 2 is 2.06 bits per heavy atom. The molecule has 0 fully saturated rings. The van der Waals surface area contributed by atoms with Crippen LogP contribution >= 0.6 is 0 Å². The molecule has 0 aliphatic carbocycles. The van der Waals surface area contributed by atoms with Gasteiger partial charge in [-0.15, -0.1) is 0 Å². The van der Waals surface area contributed by atoms with Crippen molar-refractivity contribution >= 4 is 5.82 Å². The van der Waals surface area contributed by atoms with Crippen LogP contribution in [-0.2, 0) is 6.54 Å². The minimum Gasteiger partial charge on any atom is -0.360 e. The molecule has 0 amide bonds. The Labute approximate surface area is 98.9 Å². The third-order valence-corrected chi connectivity index (χ3v) is 2.62. The van der Waals surface area contributed by atoms with E-state index >= 15 is 0 Å². The fourth-order valence-corrected chi connectivity index (χ4v) is 1.59. The Morgan fingerprint density at radius 1 is 1.31 bits per heavy atom. The minimum absolute atomic E-state index is 0.932. The zero-order chi connectivity index (χ0) is 12.0. The van der Waals surface area contributed by atoms with E-state index in [0.717, 1.165) is 31.1 Å². The highest BCUT2D eigenvalue weighted by molar-refractivity contribution is 5.41. The average molecular weight is 221 g/mol. The highest BCUT2D eigenvalue weighted by Gasteiger charge is 2.03. The van der Waals surface area contributed by atoms with Gasteiger partial charge in [-0.05, 0) is 44.5 Å². The van der Waals surface area contributed by atoms with Gasteiger partial charge in [0.1, 0.15) is 5.82 Å². The summed E-state index contributed by atoms with van der Waals surface area (Å²) in [5.41, 5.74) is 2.40. The first-order chi connectivity index (χ1) is 7.67. The minimum atomic E-state index is 0.932. The molecule has 0 bridgehead atoms. The summed E-state index contributed by atoms with van der Waals surface area (Å²) in [5, 5.41) is 3.42. The topological polar surface area (TPSA) is 28.2 Å². The molecule has 1 rings (SSSR count). The summed E-state index contributed by atoms with van der Waals surface area (Å²) >= 11 is 0. The van der Waals surface area contributed by atoms with Crippen molar-refractivity contribution in [3.05, 3.63) is 23.4 Å². The summed E-state index contributed by atoms with van der Waals surface area (Å²) < 4.78 is 0. The van der Waals surface area contributed by atoms with Crippen molar-refractivity contribution in [2.45, 2.75) is 33.7 Å². The highest BCUT2D eigenvalue weighted by atomic mass is 15.2. The van der Waals surface area contributed by atoms with Crippen LogP contribution in [0.3, 0.4) is 0 Å². The zero-order valence-corrected chi connectivity index (χ0v) is 10.9. The monoisotopic (exact) mass is 221 g/mol. The number of hydrogen-bond acceptors (Lipinski definition) is 3. The predicted octanol–water partition coefficient (Wildman–Crippen LogP) is 2.35. The van der Waals surface area contributed by atoms with E-state index in [2.05, 4.69) is 55.2 Å². The molecule has 0 saturated heterocycles. The summed E-state index contributed by atoms with van der Waals surface area (Å²) in [5.74, 6) is 1.07. The van der Waals surface area contributed by atoms with Crippen LogP contribution in [0.1, 0.15) is 31.5 Å². The molecule has 0 radical (unpaired) electrons. The lowest BCUT2D eigenvalue weighted by Crippen LogP contribution is -2.19. The number of aromatic nitrogens is 1. The van der Waals surface area contributed by atoms with E-state index < -0.39 is 0 Å². The largest absolute Gasteiger partial charge is 0.360 e. The van der Waals surface area contributed by atoms with Crippen LogP contribution in [0.4, 0.5) is 5.82 Å². The van der Waals surface area contributed by atoms with E-state index in [1.807, 2.05) is 0 Å². The van der Waals surface area contributed by atoms with Crippen LogP contribution in [-0.4, -0.2) is 25.1 Å². The molecule has 16 heavy (non-hydrogen) atoms. The molecule has 0 saturated carbocycles. The number of nitrogens with one attached hydrogen (secondary N) is 1. The second kappa shape index (κ2) is 6.48. The molecule has 0 aliphatic heterocycles. The van der Waals surface area contributed by atoms with Crippen molar-refractivity contribution in [2.75, 3.05) is 25.0 Å². The molecule has 1 aromatic heterocycles. The first kappa shape index (κ1) is 13.0. The van der Waals surface area contributed by atoms with Crippen molar-refractivity contribution < 1.29 is 0 Å². The Hall–Kier alpha value is -1.09. The summed E-state index contributed by atoms with van der Waals surface area (Å²) in [7, 11) is 2.07. The molecule has 0 unspecified atom stereocenters. The van der Waals surface area contributed by atoms with Gasteiger partial charge in [-0.25, -0.2) is 4.98 Å². The molecule has 90 valence electrons. The van der Waals surface area contributed by atoms with Crippen LogP contribution in [0.25, 0.3) is 0 Å². The fraction of sp³-hybridized carbons (Fsp3) is 0.615. The van der Waals surface area contributed by atoms with Gasteiger partial charge in [-0.1, -0.05) is 6.92 Å². The summed E-state index contributed by atoms with van der Waals surface area (Å²) in [6, 6.07) is 4.31. The zero-order valence-electron chi connectivity index (χ0n) is 10.9. The number of pyridine rings is 1. The number of rotatable bonds is 6. The maximum atomic E-state index is 4.53. The van der Waals surface area contributed by atoms with Crippen molar-refractivity contribution in [1.82, 2.24) is 10.3 Å². The van der Waals surface area contributed by atoms with E-state index in [0.29, 0.717) is 0 Å². The van der Waals surface area contributed by atoms with E-state index in [4.69, 9.17) is 0 Å². The van der Waals surface area contributed by atoms with Crippen molar-refractivity contribution in [3.63, 3.8) is 0 Å². The summed E-state index contributed by atoms with van der Waals surface area (Å²) in [6.45, 7) is 9.36. The van der Waals surface area contributed by atoms with Crippen molar-refractivity contribution in [1.29, 1.82) is 0 Å². The van der Waals surface area contributed by atoms with Gasteiger partial charge in [0.2, 0.25) is 0 Å². The lowest BCUT2D eigenvalue weighted by Gasteiger charge is -2.17. The van der Waals surface area contributed by atoms with E-state index in [-0.39, 0.29) is 0 Å². The number of hydrogen-bond donors (Lipinski definition) is 1. The summed E-state index contributed by atoms with van der Waals surface area (Å²) in [6.07, 6.45) is 1.17. The van der Waals surface area contributed by atoms with Crippen LogP contribution in [0.5, 0.6) is 0 Å².